The van der Waals surface area contributed by atoms with Gasteiger partial charge in [0.25, 0.3) is 0 Å². The SMILES string of the molecule is O=S([O-])OC(O)C1CCCCC1.[Na+]. The molecule has 0 aliphatic heterocycles. The molecule has 0 aromatic heterocycles. The van der Waals surface area contributed by atoms with Gasteiger partial charge in [0, 0.05) is 5.92 Å². The number of hydrogen-bond donors (Lipinski definition) is 1. The van der Waals surface area contributed by atoms with Crippen LogP contribution in [0.1, 0.15) is 32.1 Å². The number of hydrogen-bond acceptors (Lipinski definition) is 4. The van der Waals surface area contributed by atoms with Crippen molar-refractivity contribution in [3.63, 3.8) is 0 Å². The zero-order chi connectivity index (χ0) is 8.97. The molecule has 1 aliphatic carbocycles. The molecule has 72 valence electrons. The average Bonchev–Trinajstić information content (AvgIpc) is 2.05. The van der Waals surface area contributed by atoms with Gasteiger partial charge in [0.15, 0.2) is 6.29 Å². The van der Waals surface area contributed by atoms with Crippen molar-refractivity contribution >= 4 is 11.4 Å². The summed E-state index contributed by atoms with van der Waals surface area (Å²) in [5.41, 5.74) is 0. The summed E-state index contributed by atoms with van der Waals surface area (Å²) in [7, 11) is 0. The summed E-state index contributed by atoms with van der Waals surface area (Å²) in [5, 5.41) is 9.23. The summed E-state index contributed by atoms with van der Waals surface area (Å²) >= 11 is -2.60. The van der Waals surface area contributed by atoms with Crippen molar-refractivity contribution in [3.8, 4) is 0 Å². The Balaban J connectivity index is 0.00000144. The van der Waals surface area contributed by atoms with Gasteiger partial charge in [-0.3, -0.25) is 4.18 Å². The smallest absolute Gasteiger partial charge is 0.750 e. The normalized spacial score (nSPS) is 23.2. The van der Waals surface area contributed by atoms with Crippen molar-refractivity contribution in [2.45, 2.75) is 38.4 Å². The Labute approximate surface area is 103 Å². The first kappa shape index (κ1) is 14.0. The Morgan fingerprint density at radius 2 is 1.92 bits per heavy atom. The standard InChI is InChI=1S/C7H14O4S.Na/c8-7(11-12(9)10)6-4-2-1-3-5-6;/h6-8H,1-5H2,(H,9,10);/q;+1/p-1. The second-order valence-electron chi connectivity index (χ2n) is 3.09. The van der Waals surface area contributed by atoms with E-state index in [0.717, 1.165) is 25.7 Å². The largest absolute Gasteiger partial charge is 1.00 e. The Morgan fingerprint density at radius 1 is 1.38 bits per heavy atom. The summed E-state index contributed by atoms with van der Waals surface area (Å²) in [6, 6.07) is 0. The van der Waals surface area contributed by atoms with Crippen LogP contribution in [0, 0.1) is 5.92 Å². The Morgan fingerprint density at radius 3 is 2.38 bits per heavy atom. The minimum Gasteiger partial charge on any atom is -0.750 e. The van der Waals surface area contributed by atoms with Crippen LogP contribution in [0.2, 0.25) is 0 Å². The molecule has 1 aliphatic rings. The Kier molecular flexibility index (Phi) is 7.92. The Hall–Kier alpha value is 1.03. The van der Waals surface area contributed by atoms with Gasteiger partial charge in [-0.25, -0.2) is 4.21 Å². The number of aliphatic hydroxyl groups excluding tert-OH is 1. The van der Waals surface area contributed by atoms with Crippen LogP contribution in [0.25, 0.3) is 0 Å². The van der Waals surface area contributed by atoms with Crippen LogP contribution >= 0.6 is 0 Å². The van der Waals surface area contributed by atoms with Gasteiger partial charge in [-0.1, -0.05) is 19.3 Å². The molecule has 1 fully saturated rings. The molecule has 0 saturated heterocycles. The van der Waals surface area contributed by atoms with Gasteiger partial charge in [0.2, 0.25) is 0 Å². The van der Waals surface area contributed by atoms with Crippen molar-refractivity contribution in [3.05, 3.63) is 0 Å². The third-order valence-corrected chi connectivity index (χ3v) is 2.58. The molecule has 2 unspecified atom stereocenters. The van der Waals surface area contributed by atoms with E-state index in [1.165, 1.54) is 6.42 Å². The maximum atomic E-state index is 10.1. The fraction of sp³-hybridized carbons (Fsp3) is 1.00. The van der Waals surface area contributed by atoms with Crippen molar-refractivity contribution in [1.82, 2.24) is 0 Å². The molecule has 6 heteroatoms. The Bertz CT molecular complexity index is 161. The van der Waals surface area contributed by atoms with Crippen molar-refractivity contribution in [1.29, 1.82) is 0 Å². The van der Waals surface area contributed by atoms with Crippen molar-refractivity contribution in [2.24, 2.45) is 5.92 Å². The number of aliphatic hydroxyl groups is 1. The van der Waals surface area contributed by atoms with E-state index in [-0.39, 0.29) is 35.5 Å². The second-order valence-corrected chi connectivity index (χ2v) is 3.69. The molecule has 0 heterocycles. The van der Waals surface area contributed by atoms with Crippen LogP contribution in [0.15, 0.2) is 0 Å². The molecule has 13 heavy (non-hydrogen) atoms. The van der Waals surface area contributed by atoms with Crippen LogP contribution in [0.3, 0.4) is 0 Å². The molecule has 1 saturated carbocycles. The predicted octanol–water partition coefficient (Wildman–Crippen LogP) is -2.30. The third-order valence-electron chi connectivity index (χ3n) is 2.23. The van der Waals surface area contributed by atoms with Crippen LogP contribution in [0.4, 0.5) is 0 Å². The third kappa shape index (κ3) is 5.47. The molecule has 0 spiro atoms. The maximum absolute atomic E-state index is 10.1. The minimum absolute atomic E-state index is 0. The summed E-state index contributed by atoms with van der Waals surface area (Å²) in [4.78, 5) is 0. The monoisotopic (exact) mass is 216 g/mol. The van der Waals surface area contributed by atoms with Crippen LogP contribution in [0.5, 0.6) is 0 Å². The summed E-state index contributed by atoms with van der Waals surface area (Å²) < 4.78 is 24.4. The van der Waals surface area contributed by atoms with E-state index in [1.807, 2.05) is 0 Å². The molecule has 0 bridgehead atoms. The maximum Gasteiger partial charge on any atom is 1.00 e. The zero-order valence-corrected chi connectivity index (χ0v) is 10.6. The zero-order valence-electron chi connectivity index (χ0n) is 7.77. The van der Waals surface area contributed by atoms with E-state index in [0.29, 0.717) is 0 Å². The van der Waals surface area contributed by atoms with Gasteiger partial charge in [0.05, 0.1) is 11.4 Å². The van der Waals surface area contributed by atoms with Crippen LogP contribution in [-0.4, -0.2) is 20.2 Å². The molecule has 0 amide bonds. The molecular formula is C7H13NaO4S. The molecule has 0 radical (unpaired) electrons. The van der Waals surface area contributed by atoms with Gasteiger partial charge in [-0.15, -0.1) is 0 Å². The van der Waals surface area contributed by atoms with Gasteiger partial charge >= 0.3 is 29.6 Å². The van der Waals surface area contributed by atoms with Gasteiger partial charge < -0.3 is 9.66 Å². The molecule has 0 aromatic rings. The van der Waals surface area contributed by atoms with Gasteiger partial charge in [-0.05, 0) is 12.8 Å². The molecule has 0 aromatic carbocycles. The van der Waals surface area contributed by atoms with E-state index in [9.17, 15) is 13.9 Å². The predicted molar refractivity (Wildman–Crippen MR) is 42.6 cm³/mol. The van der Waals surface area contributed by atoms with Gasteiger partial charge in [0.1, 0.15) is 0 Å². The summed E-state index contributed by atoms with van der Waals surface area (Å²) in [6.45, 7) is 0. The second kappa shape index (κ2) is 7.34. The summed E-state index contributed by atoms with van der Waals surface area (Å²) in [6.07, 6.45) is 3.86. The van der Waals surface area contributed by atoms with Crippen molar-refractivity contribution in [2.75, 3.05) is 0 Å². The molecular weight excluding hydrogens is 203 g/mol. The van der Waals surface area contributed by atoms with Crippen LogP contribution in [-0.2, 0) is 15.5 Å². The van der Waals surface area contributed by atoms with E-state index in [2.05, 4.69) is 4.18 Å². The van der Waals surface area contributed by atoms with E-state index < -0.39 is 17.7 Å². The minimum atomic E-state index is -2.60. The van der Waals surface area contributed by atoms with Crippen LogP contribution < -0.4 is 29.6 Å². The van der Waals surface area contributed by atoms with Gasteiger partial charge in [-0.2, -0.15) is 0 Å². The quantitative estimate of drug-likeness (QED) is 0.327. The molecule has 1 N–H and O–H groups in total. The average molecular weight is 216 g/mol. The summed E-state index contributed by atoms with van der Waals surface area (Å²) in [5.74, 6) is -0.00310. The van der Waals surface area contributed by atoms with Crippen molar-refractivity contribution < 1.29 is 47.6 Å². The fourth-order valence-electron chi connectivity index (χ4n) is 1.58. The molecule has 4 nitrogen and oxygen atoms in total. The fourth-order valence-corrected chi connectivity index (χ4v) is 1.90. The van der Waals surface area contributed by atoms with E-state index in [4.69, 9.17) is 0 Å². The first-order valence-electron chi connectivity index (χ1n) is 4.14. The van der Waals surface area contributed by atoms with E-state index >= 15 is 0 Å². The molecule has 2 atom stereocenters. The topological polar surface area (TPSA) is 69.6 Å². The first-order chi connectivity index (χ1) is 5.70. The van der Waals surface area contributed by atoms with E-state index in [1.54, 1.807) is 0 Å². The molecule has 1 rings (SSSR count). The first-order valence-corrected chi connectivity index (χ1v) is 5.14. The number of rotatable bonds is 3.